The number of ether oxygens (including phenoxy) is 1. The number of carbonyl (C=O) groups excluding carboxylic acids is 2. The molecule has 1 saturated heterocycles. The van der Waals surface area contributed by atoms with Crippen molar-refractivity contribution in [2.75, 3.05) is 12.3 Å². The molecule has 1 aromatic carbocycles. The number of hydrogen-bond donors (Lipinski definition) is 3. The van der Waals surface area contributed by atoms with Gasteiger partial charge >= 0.3 is 0 Å². The lowest BCUT2D eigenvalue weighted by Crippen LogP contribution is -2.46. The minimum atomic E-state index is -0.512. The van der Waals surface area contributed by atoms with Gasteiger partial charge in [-0.1, -0.05) is 18.2 Å². The second kappa shape index (κ2) is 5.98. The lowest BCUT2D eigenvalue weighted by atomic mass is 10.1. The topological polar surface area (TPSA) is 106 Å². The summed E-state index contributed by atoms with van der Waals surface area (Å²) in [5.41, 5.74) is 12.0. The molecule has 22 heavy (non-hydrogen) atoms. The third-order valence-corrected chi connectivity index (χ3v) is 3.58. The molecule has 7 heteroatoms. The van der Waals surface area contributed by atoms with E-state index in [1.807, 2.05) is 18.2 Å². The van der Waals surface area contributed by atoms with Crippen LogP contribution in [0, 0.1) is 0 Å². The van der Waals surface area contributed by atoms with Crippen molar-refractivity contribution < 1.29 is 14.3 Å². The number of benzene rings is 1. The van der Waals surface area contributed by atoms with Crippen molar-refractivity contribution in [3.8, 4) is 0 Å². The largest absolute Gasteiger partial charge is 0.397 e. The molecule has 1 unspecified atom stereocenters. The van der Waals surface area contributed by atoms with Crippen molar-refractivity contribution in [2.24, 2.45) is 0 Å². The predicted octanol–water partition coefficient (Wildman–Crippen LogP) is 0.757. The maximum Gasteiger partial charge on any atom is 0.273 e. The zero-order valence-electron chi connectivity index (χ0n) is 11.8. The van der Waals surface area contributed by atoms with Gasteiger partial charge in [0.1, 0.15) is 6.10 Å². The smallest absolute Gasteiger partial charge is 0.273 e. The summed E-state index contributed by atoms with van der Waals surface area (Å²) in [6.07, 6.45) is 2.38. The van der Waals surface area contributed by atoms with Crippen LogP contribution in [0.3, 0.4) is 0 Å². The highest BCUT2D eigenvalue weighted by Gasteiger charge is 2.24. The number of rotatable bonds is 2. The molecule has 1 atom stereocenters. The molecule has 3 rings (SSSR count). The van der Waals surface area contributed by atoms with Crippen molar-refractivity contribution in [3.63, 3.8) is 0 Å². The predicted molar refractivity (Wildman–Crippen MR) is 80.7 cm³/mol. The van der Waals surface area contributed by atoms with Gasteiger partial charge in [0.05, 0.1) is 16.8 Å². The number of hydrogen-bond acceptors (Lipinski definition) is 5. The van der Waals surface area contributed by atoms with E-state index in [1.165, 1.54) is 6.20 Å². The van der Waals surface area contributed by atoms with Crippen molar-refractivity contribution >= 4 is 28.4 Å². The molecule has 2 aromatic rings. The molecule has 7 nitrogen and oxygen atoms in total. The fourth-order valence-corrected chi connectivity index (χ4v) is 2.39. The monoisotopic (exact) mass is 300 g/mol. The maximum atomic E-state index is 12.1. The molecule has 114 valence electrons. The van der Waals surface area contributed by atoms with Crippen LogP contribution < -0.4 is 16.6 Å². The summed E-state index contributed by atoms with van der Waals surface area (Å²) in [5, 5.41) is 0.695. The molecule has 0 bridgehead atoms. The van der Waals surface area contributed by atoms with E-state index >= 15 is 0 Å². The van der Waals surface area contributed by atoms with Gasteiger partial charge in [-0.15, -0.1) is 0 Å². The molecule has 2 heterocycles. The number of fused-ring (bicyclic) bond motifs is 1. The number of pyridine rings is 1. The van der Waals surface area contributed by atoms with Crippen molar-refractivity contribution in [3.05, 3.63) is 36.0 Å². The average molecular weight is 300 g/mol. The van der Waals surface area contributed by atoms with Crippen LogP contribution in [0.1, 0.15) is 23.2 Å². The maximum absolute atomic E-state index is 12.1. The van der Waals surface area contributed by atoms with Gasteiger partial charge in [0.25, 0.3) is 11.8 Å². The first kappa shape index (κ1) is 14.3. The van der Waals surface area contributed by atoms with Gasteiger partial charge in [-0.3, -0.25) is 25.4 Å². The number of nitrogens with zero attached hydrogens (tertiary/aromatic N) is 1. The Hall–Kier alpha value is -2.67. The Balaban J connectivity index is 1.72. The molecule has 0 aliphatic carbocycles. The first-order valence-electron chi connectivity index (χ1n) is 7.02. The second-order valence-electron chi connectivity index (χ2n) is 5.05. The summed E-state index contributed by atoms with van der Waals surface area (Å²) < 4.78 is 5.23. The van der Waals surface area contributed by atoms with E-state index in [9.17, 15) is 9.59 Å². The van der Waals surface area contributed by atoms with Crippen LogP contribution in [0.2, 0.25) is 0 Å². The van der Waals surface area contributed by atoms with E-state index in [0.29, 0.717) is 29.6 Å². The Morgan fingerprint density at radius 2 is 2.09 bits per heavy atom. The van der Waals surface area contributed by atoms with E-state index in [-0.39, 0.29) is 11.5 Å². The molecule has 2 amide bonds. The number of nitrogens with two attached hydrogens (primary N) is 1. The number of amides is 2. The molecule has 0 radical (unpaired) electrons. The Morgan fingerprint density at radius 1 is 1.27 bits per heavy atom. The highest BCUT2D eigenvalue weighted by atomic mass is 16.5. The number of para-hydroxylation sites is 1. The third kappa shape index (κ3) is 2.71. The fourth-order valence-electron chi connectivity index (χ4n) is 2.39. The molecular formula is C15H16N4O3. The normalized spacial score (nSPS) is 17.4. The van der Waals surface area contributed by atoms with Crippen molar-refractivity contribution in [1.82, 2.24) is 15.8 Å². The van der Waals surface area contributed by atoms with Gasteiger partial charge in [-0.05, 0) is 18.9 Å². The van der Waals surface area contributed by atoms with E-state index < -0.39 is 12.0 Å². The first-order valence-corrected chi connectivity index (χ1v) is 7.02. The van der Waals surface area contributed by atoms with Gasteiger partial charge in [0.15, 0.2) is 0 Å². The molecule has 1 aromatic heterocycles. The van der Waals surface area contributed by atoms with Gasteiger partial charge in [-0.25, -0.2) is 0 Å². The summed E-state index contributed by atoms with van der Waals surface area (Å²) in [6, 6.07) is 7.27. The standard InChI is InChI=1S/C15H16N4O3/c16-13-9-4-1-2-5-11(9)17-8-10(13)14(20)18-19-15(21)12-6-3-7-22-12/h1-2,4-5,8,12H,3,6-7H2,(H2,16,17)(H,18,20)(H,19,21). The molecule has 4 N–H and O–H groups in total. The van der Waals surface area contributed by atoms with E-state index in [2.05, 4.69) is 15.8 Å². The Kier molecular flexibility index (Phi) is 3.88. The van der Waals surface area contributed by atoms with Gasteiger partial charge in [-0.2, -0.15) is 0 Å². The Morgan fingerprint density at radius 3 is 2.86 bits per heavy atom. The van der Waals surface area contributed by atoms with Gasteiger partial charge < -0.3 is 10.5 Å². The fraction of sp³-hybridized carbons (Fsp3) is 0.267. The van der Waals surface area contributed by atoms with Crippen LogP contribution in [0.15, 0.2) is 30.5 Å². The van der Waals surface area contributed by atoms with Gasteiger partial charge in [0.2, 0.25) is 0 Å². The summed E-state index contributed by atoms with van der Waals surface area (Å²) >= 11 is 0. The molecule has 1 aliphatic heterocycles. The number of anilines is 1. The Labute approximate surface area is 126 Å². The first-order chi connectivity index (χ1) is 10.7. The lowest BCUT2D eigenvalue weighted by Gasteiger charge is -2.12. The van der Waals surface area contributed by atoms with Crippen LogP contribution in [-0.4, -0.2) is 29.5 Å². The molecule has 0 spiro atoms. The quantitative estimate of drug-likeness (QED) is 0.710. The summed E-state index contributed by atoms with van der Waals surface area (Å²) in [6.45, 7) is 0.563. The molecule has 0 saturated carbocycles. The Bertz CT molecular complexity index is 726. The molecule has 1 fully saturated rings. The zero-order valence-corrected chi connectivity index (χ0v) is 11.8. The molecule has 1 aliphatic rings. The van der Waals surface area contributed by atoms with Crippen LogP contribution in [-0.2, 0) is 9.53 Å². The highest BCUT2D eigenvalue weighted by molar-refractivity contribution is 6.06. The van der Waals surface area contributed by atoms with Crippen molar-refractivity contribution in [2.45, 2.75) is 18.9 Å². The van der Waals surface area contributed by atoms with E-state index in [0.717, 1.165) is 6.42 Å². The van der Waals surface area contributed by atoms with Gasteiger partial charge in [0, 0.05) is 18.2 Å². The minimum Gasteiger partial charge on any atom is -0.397 e. The van der Waals surface area contributed by atoms with Crippen LogP contribution in [0.5, 0.6) is 0 Å². The van der Waals surface area contributed by atoms with E-state index in [1.54, 1.807) is 6.07 Å². The van der Waals surface area contributed by atoms with Crippen LogP contribution in [0.4, 0.5) is 5.69 Å². The lowest BCUT2D eigenvalue weighted by molar-refractivity contribution is -0.130. The summed E-state index contributed by atoms with van der Waals surface area (Å²) in [7, 11) is 0. The van der Waals surface area contributed by atoms with Crippen LogP contribution >= 0.6 is 0 Å². The number of hydrazine groups is 1. The second-order valence-corrected chi connectivity index (χ2v) is 5.05. The van der Waals surface area contributed by atoms with Crippen LogP contribution in [0.25, 0.3) is 10.9 Å². The number of aromatic nitrogens is 1. The third-order valence-electron chi connectivity index (χ3n) is 3.58. The number of carbonyl (C=O) groups is 2. The average Bonchev–Trinajstić information content (AvgIpc) is 3.07. The van der Waals surface area contributed by atoms with E-state index in [4.69, 9.17) is 10.5 Å². The minimum absolute atomic E-state index is 0.214. The van der Waals surface area contributed by atoms with Crippen molar-refractivity contribution in [1.29, 1.82) is 0 Å². The highest BCUT2D eigenvalue weighted by Crippen LogP contribution is 2.22. The number of nitrogens with one attached hydrogen (secondary N) is 2. The SMILES string of the molecule is Nc1c(C(=O)NNC(=O)C2CCCO2)cnc2ccccc12. The zero-order chi connectivity index (χ0) is 15.5. The summed E-state index contributed by atoms with van der Waals surface area (Å²) in [5.74, 6) is -0.875. The number of nitrogen functional groups attached to an aromatic ring is 1. The molecular weight excluding hydrogens is 284 g/mol. The summed E-state index contributed by atoms with van der Waals surface area (Å²) in [4.78, 5) is 28.1.